The van der Waals surface area contributed by atoms with Crippen LogP contribution in [0.25, 0.3) is 0 Å². The zero-order chi connectivity index (χ0) is 17.5. The lowest BCUT2D eigenvalue weighted by Gasteiger charge is -2.10. The molecular formula is C17H20Cl2N4O. The van der Waals surface area contributed by atoms with Gasteiger partial charge < -0.3 is 10.6 Å². The van der Waals surface area contributed by atoms with E-state index in [2.05, 4.69) is 27.5 Å². The fourth-order valence-corrected chi connectivity index (χ4v) is 2.57. The van der Waals surface area contributed by atoms with Crippen LogP contribution in [0, 0.1) is 6.92 Å². The van der Waals surface area contributed by atoms with Crippen molar-refractivity contribution in [3.8, 4) is 0 Å². The molecule has 0 unspecified atom stereocenters. The molecule has 0 spiro atoms. The van der Waals surface area contributed by atoms with Crippen LogP contribution < -0.4 is 10.6 Å². The number of halogens is 2. The number of nitrogens with one attached hydrogen (secondary N) is 2. The molecule has 1 amide bonds. The molecule has 0 aliphatic heterocycles. The number of nitrogens with zero attached hydrogens (tertiary/aromatic N) is 2. The maximum absolute atomic E-state index is 12.4. The van der Waals surface area contributed by atoms with Crippen molar-refractivity contribution in [3.05, 3.63) is 45.7 Å². The topological polar surface area (TPSA) is 66.9 Å². The lowest BCUT2D eigenvalue weighted by molar-refractivity contribution is 0.102. The highest BCUT2D eigenvalue weighted by atomic mass is 35.5. The number of benzene rings is 1. The molecule has 2 rings (SSSR count). The van der Waals surface area contributed by atoms with Gasteiger partial charge >= 0.3 is 0 Å². The molecule has 5 nitrogen and oxygen atoms in total. The minimum Gasteiger partial charge on any atom is -0.354 e. The van der Waals surface area contributed by atoms with Gasteiger partial charge in [-0.2, -0.15) is 0 Å². The van der Waals surface area contributed by atoms with Crippen molar-refractivity contribution in [1.82, 2.24) is 9.97 Å². The molecule has 2 aromatic rings. The van der Waals surface area contributed by atoms with Crippen molar-refractivity contribution >= 4 is 40.7 Å². The summed E-state index contributed by atoms with van der Waals surface area (Å²) in [5, 5.41) is 6.77. The monoisotopic (exact) mass is 366 g/mol. The van der Waals surface area contributed by atoms with E-state index in [-0.39, 0.29) is 11.6 Å². The van der Waals surface area contributed by atoms with E-state index in [4.69, 9.17) is 23.2 Å². The van der Waals surface area contributed by atoms with Gasteiger partial charge in [-0.25, -0.2) is 9.97 Å². The Balaban J connectivity index is 2.09. The summed E-state index contributed by atoms with van der Waals surface area (Å²) in [7, 11) is 0. The average Bonchev–Trinajstić information content (AvgIpc) is 2.53. The molecule has 0 saturated heterocycles. The van der Waals surface area contributed by atoms with Crippen LogP contribution >= 0.6 is 23.2 Å². The minimum atomic E-state index is -0.346. The molecule has 0 aliphatic carbocycles. The van der Waals surface area contributed by atoms with Gasteiger partial charge in [0.2, 0.25) is 5.95 Å². The second-order valence-corrected chi connectivity index (χ2v) is 6.27. The second-order valence-electron chi connectivity index (χ2n) is 5.43. The smallest absolute Gasteiger partial charge is 0.274 e. The van der Waals surface area contributed by atoms with Crippen molar-refractivity contribution in [1.29, 1.82) is 0 Å². The first-order valence-electron chi connectivity index (χ1n) is 7.85. The predicted octanol–water partition coefficient (Wildman–Crippen LogP) is 4.95. The van der Waals surface area contributed by atoms with E-state index in [1.807, 2.05) is 6.92 Å². The minimum absolute atomic E-state index is 0.284. The van der Waals surface area contributed by atoms with Crippen molar-refractivity contribution in [3.63, 3.8) is 0 Å². The third-order valence-corrected chi connectivity index (χ3v) is 3.88. The highest BCUT2D eigenvalue weighted by molar-refractivity contribution is 6.36. The summed E-state index contributed by atoms with van der Waals surface area (Å²) < 4.78 is 0. The molecule has 0 aliphatic rings. The van der Waals surface area contributed by atoms with Crippen molar-refractivity contribution < 1.29 is 4.79 Å². The Morgan fingerprint density at radius 1 is 1.17 bits per heavy atom. The van der Waals surface area contributed by atoms with E-state index >= 15 is 0 Å². The maximum atomic E-state index is 12.4. The van der Waals surface area contributed by atoms with Gasteiger partial charge in [-0.15, -0.1) is 0 Å². The molecule has 0 bridgehead atoms. The van der Waals surface area contributed by atoms with Crippen LogP contribution in [0.4, 0.5) is 11.6 Å². The Labute approximate surface area is 151 Å². The van der Waals surface area contributed by atoms with E-state index in [1.165, 1.54) is 0 Å². The van der Waals surface area contributed by atoms with Gasteiger partial charge in [-0.1, -0.05) is 43.0 Å². The largest absolute Gasteiger partial charge is 0.354 e. The fraction of sp³-hybridized carbons (Fsp3) is 0.353. The van der Waals surface area contributed by atoms with Crippen molar-refractivity contribution in [2.75, 3.05) is 17.2 Å². The number of hydrogen-bond acceptors (Lipinski definition) is 4. The summed E-state index contributed by atoms with van der Waals surface area (Å²) >= 11 is 11.9. The summed E-state index contributed by atoms with van der Waals surface area (Å²) in [6.45, 7) is 4.75. The van der Waals surface area contributed by atoms with Crippen molar-refractivity contribution in [2.24, 2.45) is 0 Å². The molecular weight excluding hydrogens is 347 g/mol. The molecule has 2 N–H and O–H groups in total. The van der Waals surface area contributed by atoms with E-state index in [0.29, 0.717) is 21.7 Å². The highest BCUT2D eigenvalue weighted by Crippen LogP contribution is 2.25. The van der Waals surface area contributed by atoms with Crippen LogP contribution in [0.3, 0.4) is 0 Å². The number of hydrogen-bond donors (Lipinski definition) is 2. The number of amides is 1. The first kappa shape index (κ1) is 18.5. The van der Waals surface area contributed by atoms with Crippen LogP contribution in [-0.4, -0.2) is 22.4 Å². The molecule has 0 radical (unpaired) electrons. The van der Waals surface area contributed by atoms with Gasteiger partial charge in [0.15, 0.2) is 0 Å². The van der Waals surface area contributed by atoms with Crippen molar-refractivity contribution in [2.45, 2.75) is 33.1 Å². The number of anilines is 2. The van der Waals surface area contributed by atoms with Gasteiger partial charge in [0.05, 0.1) is 10.7 Å². The maximum Gasteiger partial charge on any atom is 0.274 e. The van der Waals surface area contributed by atoms with Crippen LogP contribution in [-0.2, 0) is 0 Å². The molecule has 0 atom stereocenters. The van der Waals surface area contributed by atoms with Gasteiger partial charge in [-0.3, -0.25) is 4.79 Å². The quantitative estimate of drug-likeness (QED) is 0.680. The molecule has 128 valence electrons. The van der Waals surface area contributed by atoms with Crippen LogP contribution in [0.2, 0.25) is 10.0 Å². The third kappa shape index (κ3) is 5.35. The lowest BCUT2D eigenvalue weighted by atomic mass is 10.2. The Morgan fingerprint density at radius 3 is 2.67 bits per heavy atom. The molecule has 24 heavy (non-hydrogen) atoms. The number of rotatable bonds is 7. The first-order chi connectivity index (χ1) is 11.5. The normalized spacial score (nSPS) is 10.5. The second kappa shape index (κ2) is 8.85. The number of aryl methyl sites for hydroxylation is 1. The number of unbranched alkanes of at least 4 members (excludes halogenated alkanes) is 2. The summed E-state index contributed by atoms with van der Waals surface area (Å²) in [4.78, 5) is 21.0. The number of carbonyl (C=O) groups is 1. The number of carbonyl (C=O) groups excluding carboxylic acids is 1. The van der Waals surface area contributed by atoms with Crippen LogP contribution in [0.15, 0.2) is 24.3 Å². The van der Waals surface area contributed by atoms with Gasteiger partial charge in [0, 0.05) is 17.3 Å². The summed E-state index contributed by atoms with van der Waals surface area (Å²) in [5.41, 5.74) is 1.49. The van der Waals surface area contributed by atoms with E-state index in [0.717, 1.165) is 31.5 Å². The molecule has 0 saturated carbocycles. The SMILES string of the molecule is CCCCCNc1nc(C)cc(C(=O)Nc2ccc(Cl)cc2Cl)n1. The lowest BCUT2D eigenvalue weighted by Crippen LogP contribution is -2.16. The highest BCUT2D eigenvalue weighted by Gasteiger charge is 2.12. The first-order valence-corrected chi connectivity index (χ1v) is 8.61. The zero-order valence-corrected chi connectivity index (χ0v) is 15.2. The summed E-state index contributed by atoms with van der Waals surface area (Å²) in [6.07, 6.45) is 3.32. The Morgan fingerprint density at radius 2 is 1.96 bits per heavy atom. The van der Waals surface area contributed by atoms with E-state index < -0.39 is 0 Å². The molecule has 0 fully saturated rings. The van der Waals surface area contributed by atoms with Gasteiger partial charge in [0.25, 0.3) is 5.91 Å². The zero-order valence-electron chi connectivity index (χ0n) is 13.7. The van der Waals surface area contributed by atoms with E-state index in [9.17, 15) is 4.79 Å². The third-order valence-electron chi connectivity index (χ3n) is 3.33. The standard InChI is InChI=1S/C17H20Cl2N4O/c1-3-4-5-8-20-17-21-11(2)9-15(23-17)16(24)22-14-7-6-12(18)10-13(14)19/h6-7,9-10H,3-5,8H2,1-2H3,(H,22,24)(H,20,21,23). The predicted molar refractivity (Wildman–Crippen MR) is 99.2 cm³/mol. The van der Waals surface area contributed by atoms with Gasteiger partial charge in [-0.05, 0) is 37.6 Å². The molecule has 1 aromatic heterocycles. The Hall–Kier alpha value is -1.85. The Bertz CT molecular complexity index is 722. The summed E-state index contributed by atoms with van der Waals surface area (Å²) in [5.74, 6) is 0.111. The van der Waals surface area contributed by atoms with Crippen LogP contribution in [0.5, 0.6) is 0 Å². The number of aromatic nitrogens is 2. The Kier molecular flexibility index (Phi) is 6.82. The summed E-state index contributed by atoms with van der Waals surface area (Å²) in [6, 6.07) is 6.52. The van der Waals surface area contributed by atoms with E-state index in [1.54, 1.807) is 24.3 Å². The molecule has 1 heterocycles. The van der Waals surface area contributed by atoms with Gasteiger partial charge in [0.1, 0.15) is 5.69 Å². The average molecular weight is 367 g/mol. The fourth-order valence-electron chi connectivity index (χ4n) is 2.12. The molecule has 1 aromatic carbocycles. The molecule has 7 heteroatoms. The van der Waals surface area contributed by atoms with Crippen LogP contribution in [0.1, 0.15) is 42.4 Å².